The van der Waals surface area contributed by atoms with Crippen LogP contribution in [-0.4, -0.2) is 23.1 Å². The summed E-state index contributed by atoms with van der Waals surface area (Å²) in [6.45, 7) is 4.57. The molecule has 0 atom stereocenters. The van der Waals surface area contributed by atoms with Crippen molar-refractivity contribution in [1.82, 2.24) is 6.15 Å². The van der Waals surface area contributed by atoms with E-state index in [1.807, 2.05) is 0 Å². The van der Waals surface area contributed by atoms with Crippen molar-refractivity contribution < 1.29 is 0 Å². The Bertz CT molecular complexity index is 436. The zero-order valence-corrected chi connectivity index (χ0v) is 22.7. The first-order valence-electron chi connectivity index (χ1n) is 11.4. The molecule has 0 aliphatic heterocycles. The molecule has 0 aliphatic carbocycles. The van der Waals surface area contributed by atoms with Crippen molar-refractivity contribution in [1.29, 1.82) is 0 Å². The molecule has 0 radical (unpaired) electrons. The molecule has 0 aromatic heterocycles. The molecule has 1 nitrogen and oxygen atoms in total. The molecule has 0 spiro atoms. The average molecular weight is 448 g/mol. The average Bonchev–Trinajstić information content (AvgIpc) is 2.68. The van der Waals surface area contributed by atoms with Crippen LogP contribution in [0.15, 0.2) is 42.5 Å². The number of rotatable bonds is 17. The van der Waals surface area contributed by atoms with Gasteiger partial charge in [-0.25, -0.2) is 0 Å². The van der Waals surface area contributed by atoms with Gasteiger partial charge in [-0.15, -0.1) is 24.5 Å². The molecule has 0 bridgehead atoms. The van der Waals surface area contributed by atoms with Gasteiger partial charge in [-0.05, 0) is 25.7 Å². The maximum atomic E-state index is 2.42. The Labute approximate surface area is 212 Å². The van der Waals surface area contributed by atoms with Gasteiger partial charge in [-0.2, -0.15) is 23.6 Å². The molecular formula is C27H50ClMgN. The Morgan fingerprint density at radius 3 is 1.63 bits per heavy atom. The normalized spacial score (nSPS) is 9.80. The fourth-order valence-electron chi connectivity index (χ4n) is 3.50. The molecular weight excluding hydrogens is 398 g/mol. The molecule has 0 aliphatic rings. The summed E-state index contributed by atoms with van der Waals surface area (Å²) in [5.74, 6) is 1.54. The van der Waals surface area contributed by atoms with E-state index >= 15 is 0 Å². The third kappa shape index (κ3) is 22.5. The minimum atomic E-state index is 0. The van der Waals surface area contributed by atoms with Crippen molar-refractivity contribution in [2.24, 2.45) is 0 Å². The number of benzene rings is 1. The van der Waals surface area contributed by atoms with Gasteiger partial charge in [-0.3, -0.25) is 0 Å². The fraction of sp³-hybridized carbons (Fsp3) is 0.630. The van der Waals surface area contributed by atoms with Crippen molar-refractivity contribution in [3.05, 3.63) is 61.4 Å². The first-order valence-corrected chi connectivity index (χ1v) is 11.4. The molecule has 0 amide bonds. The summed E-state index contributed by atoms with van der Waals surface area (Å²) in [6, 6.07) is 10.8. The van der Waals surface area contributed by atoms with Crippen molar-refractivity contribution >= 4 is 35.5 Å². The number of hydrogen-bond donors (Lipinski definition) is 1. The number of halogens is 1. The van der Waals surface area contributed by atoms with Crippen LogP contribution in [0.5, 0.6) is 0 Å². The molecule has 1 aromatic rings. The fourth-order valence-corrected chi connectivity index (χ4v) is 3.50. The van der Waals surface area contributed by atoms with E-state index in [2.05, 4.69) is 56.3 Å². The quantitative estimate of drug-likeness (QED) is 0.109. The van der Waals surface area contributed by atoms with Crippen molar-refractivity contribution in [3.63, 3.8) is 0 Å². The largest absolute Gasteiger partial charge is 2.00 e. The summed E-state index contributed by atoms with van der Waals surface area (Å²) in [5.41, 5.74) is 1.42. The Morgan fingerprint density at radius 2 is 1.13 bits per heavy atom. The Hall–Kier alpha value is -0.154. The second kappa shape index (κ2) is 28.8. The summed E-state index contributed by atoms with van der Waals surface area (Å²) in [7, 11) is 0. The molecule has 3 N–H and O–H groups in total. The zero-order chi connectivity index (χ0) is 18.7. The number of allylic oxidation sites excluding steroid dienone is 2. The second-order valence-corrected chi connectivity index (χ2v) is 7.83. The van der Waals surface area contributed by atoms with Crippen LogP contribution in [0.4, 0.5) is 0 Å². The third-order valence-electron chi connectivity index (χ3n) is 5.33. The van der Waals surface area contributed by atoms with E-state index in [-0.39, 0.29) is 49.0 Å². The van der Waals surface area contributed by atoms with E-state index in [1.54, 1.807) is 5.92 Å². The van der Waals surface area contributed by atoms with Gasteiger partial charge in [0.25, 0.3) is 0 Å². The van der Waals surface area contributed by atoms with Gasteiger partial charge in [0.2, 0.25) is 0 Å². The van der Waals surface area contributed by atoms with E-state index in [1.165, 1.54) is 102 Å². The maximum absolute atomic E-state index is 2.42. The summed E-state index contributed by atoms with van der Waals surface area (Å²) in [5, 5.41) is 0. The van der Waals surface area contributed by atoms with Gasteiger partial charge in [0, 0.05) is 0 Å². The molecule has 0 heterocycles. The van der Waals surface area contributed by atoms with Gasteiger partial charge < -0.3 is 13.6 Å². The van der Waals surface area contributed by atoms with Crippen molar-refractivity contribution in [2.45, 2.75) is 110 Å². The van der Waals surface area contributed by atoms with E-state index in [4.69, 9.17) is 0 Å². The standard InChI is InChI=1S/C26H43.CH3.ClH.Mg.H3N/c1-3-4-5-6-7-8-9-10-11-12-13-14-15-16-17-19-22-25(2)26-23-20-18-21-24-26;;;;/h10-11,18,20-21,23-24H,3-9,12-17,19,22H2,1-2H3;1H3;1H;;1H3/q2*-1;;+2;/b11-10-;;;;. The van der Waals surface area contributed by atoms with Crippen LogP contribution in [0.2, 0.25) is 0 Å². The maximum Gasteiger partial charge on any atom is 2.00 e. The molecule has 3 heteroatoms. The van der Waals surface area contributed by atoms with Gasteiger partial charge in [0.1, 0.15) is 0 Å². The molecule has 1 rings (SSSR count). The number of unbranched alkanes of at least 4 members (excludes halogenated alkanes) is 12. The van der Waals surface area contributed by atoms with Crippen LogP contribution in [0.1, 0.15) is 116 Å². The minimum Gasteiger partial charge on any atom is -0.358 e. The molecule has 1 aromatic carbocycles. The minimum absolute atomic E-state index is 0. The topological polar surface area (TPSA) is 35.0 Å². The van der Waals surface area contributed by atoms with E-state index < -0.39 is 0 Å². The molecule has 0 unspecified atom stereocenters. The van der Waals surface area contributed by atoms with E-state index in [9.17, 15) is 0 Å². The monoisotopic (exact) mass is 447 g/mol. The van der Waals surface area contributed by atoms with Crippen LogP contribution in [0, 0.1) is 13.3 Å². The molecule has 0 saturated carbocycles. The first-order chi connectivity index (χ1) is 12.8. The van der Waals surface area contributed by atoms with Crippen LogP contribution in [-0.2, 0) is 0 Å². The summed E-state index contributed by atoms with van der Waals surface area (Å²) >= 11 is 0. The molecule has 172 valence electrons. The smallest absolute Gasteiger partial charge is 0.358 e. The van der Waals surface area contributed by atoms with Crippen LogP contribution in [0.25, 0.3) is 0 Å². The predicted molar refractivity (Wildman–Crippen MR) is 143 cm³/mol. The Morgan fingerprint density at radius 1 is 0.700 bits per heavy atom. The Kier molecular flexibility index (Phi) is 35.7. The van der Waals surface area contributed by atoms with Crippen molar-refractivity contribution in [2.75, 3.05) is 0 Å². The Balaban J connectivity index is -0.000000845. The summed E-state index contributed by atoms with van der Waals surface area (Å²) < 4.78 is 0. The zero-order valence-electron chi connectivity index (χ0n) is 20.5. The predicted octanol–water partition coefficient (Wildman–Crippen LogP) is 9.71. The van der Waals surface area contributed by atoms with Gasteiger partial charge in [0.05, 0.1) is 0 Å². The SMILES string of the molecule is CCCCCCCC/C=C\CCCCCCCC[C-](C)c1ccccc1.Cl.N.[CH3-].[Mg+2]. The van der Waals surface area contributed by atoms with Crippen LogP contribution < -0.4 is 6.15 Å². The van der Waals surface area contributed by atoms with Crippen LogP contribution in [0.3, 0.4) is 0 Å². The van der Waals surface area contributed by atoms with Gasteiger partial charge >= 0.3 is 23.1 Å². The molecule has 0 fully saturated rings. The van der Waals surface area contributed by atoms with Gasteiger partial charge in [-0.1, -0.05) is 103 Å². The number of hydrogen-bond acceptors (Lipinski definition) is 1. The molecule has 30 heavy (non-hydrogen) atoms. The van der Waals surface area contributed by atoms with E-state index in [0.717, 1.165) is 0 Å². The summed E-state index contributed by atoms with van der Waals surface area (Å²) in [4.78, 5) is 0. The molecule has 0 saturated heterocycles. The second-order valence-electron chi connectivity index (χ2n) is 7.83. The summed E-state index contributed by atoms with van der Waals surface area (Å²) in [6.07, 6.45) is 25.5. The van der Waals surface area contributed by atoms with Crippen molar-refractivity contribution in [3.8, 4) is 0 Å². The first kappa shape index (κ1) is 37.2. The van der Waals surface area contributed by atoms with E-state index in [0.29, 0.717) is 0 Å². The third-order valence-corrected chi connectivity index (χ3v) is 5.33. The van der Waals surface area contributed by atoms with Gasteiger partial charge in [0.15, 0.2) is 0 Å². The van der Waals surface area contributed by atoms with Crippen LogP contribution >= 0.6 is 12.4 Å².